The fourth-order valence-electron chi connectivity index (χ4n) is 0.763. The van der Waals surface area contributed by atoms with Crippen molar-refractivity contribution in [2.24, 2.45) is 15.4 Å². The molecule has 0 N–H and O–H groups in total. The average Bonchev–Trinajstić information content (AvgIpc) is 1.98. The maximum Gasteiger partial charge on any atom is 0.227 e. The van der Waals surface area contributed by atoms with Crippen LogP contribution in [0, 0.1) is 5.41 Å². The van der Waals surface area contributed by atoms with Gasteiger partial charge in [0.1, 0.15) is 0 Å². The molecule has 0 aliphatic carbocycles. The molecular formula is C11H22N2O. The fourth-order valence-corrected chi connectivity index (χ4v) is 0.763. The van der Waals surface area contributed by atoms with E-state index in [0.29, 0.717) is 12.5 Å². The summed E-state index contributed by atoms with van der Waals surface area (Å²) >= 11 is 0. The third kappa shape index (κ3) is 7.77. The van der Waals surface area contributed by atoms with E-state index in [1.54, 1.807) is 13.3 Å². The average molecular weight is 198 g/mol. The molecule has 0 heterocycles. The highest BCUT2D eigenvalue weighted by atomic mass is 16.5. The summed E-state index contributed by atoms with van der Waals surface area (Å²) in [5.41, 5.74) is 0.152. The first-order valence-corrected chi connectivity index (χ1v) is 4.98. The maximum absolute atomic E-state index is 5.56. The van der Waals surface area contributed by atoms with E-state index < -0.39 is 0 Å². The van der Waals surface area contributed by atoms with Gasteiger partial charge in [0.25, 0.3) is 0 Å². The number of rotatable bonds is 3. The minimum absolute atomic E-state index is 0.152. The van der Waals surface area contributed by atoms with Crippen molar-refractivity contribution in [3.05, 3.63) is 0 Å². The lowest BCUT2D eigenvalue weighted by atomic mass is 9.99. The second kappa shape index (κ2) is 5.78. The lowest BCUT2D eigenvalue weighted by Crippen LogP contribution is -2.20. The van der Waals surface area contributed by atoms with Crippen molar-refractivity contribution in [3.8, 4) is 0 Å². The van der Waals surface area contributed by atoms with E-state index >= 15 is 0 Å². The van der Waals surface area contributed by atoms with Gasteiger partial charge < -0.3 is 4.74 Å². The van der Waals surface area contributed by atoms with Crippen LogP contribution in [-0.2, 0) is 4.74 Å². The second-order valence-electron chi connectivity index (χ2n) is 4.80. The van der Waals surface area contributed by atoms with Gasteiger partial charge in [-0.2, -0.15) is 0 Å². The Hall–Kier alpha value is -0.860. The molecule has 0 fully saturated rings. The van der Waals surface area contributed by atoms with Crippen LogP contribution in [-0.4, -0.2) is 31.8 Å². The molecule has 82 valence electrons. The first-order valence-electron chi connectivity index (χ1n) is 4.98. The zero-order valence-corrected chi connectivity index (χ0v) is 10.2. The molecule has 0 aromatic rings. The van der Waals surface area contributed by atoms with Crippen molar-refractivity contribution in [3.63, 3.8) is 0 Å². The number of hydrogen-bond acceptors (Lipinski definition) is 3. The summed E-state index contributed by atoms with van der Waals surface area (Å²) in [4.78, 5) is 8.22. The van der Waals surface area contributed by atoms with Gasteiger partial charge in [-0.3, -0.25) is 4.99 Å². The molecule has 3 nitrogen and oxygen atoms in total. The Kier molecular flexibility index (Phi) is 5.43. The van der Waals surface area contributed by atoms with Gasteiger partial charge in [0.15, 0.2) is 0 Å². The van der Waals surface area contributed by atoms with E-state index in [1.807, 2.05) is 13.8 Å². The van der Waals surface area contributed by atoms with Crippen molar-refractivity contribution in [1.29, 1.82) is 0 Å². The first-order chi connectivity index (χ1) is 6.35. The van der Waals surface area contributed by atoms with E-state index in [1.165, 1.54) is 0 Å². The second-order valence-corrected chi connectivity index (χ2v) is 4.80. The third-order valence-electron chi connectivity index (χ3n) is 1.28. The molecule has 0 aromatic heterocycles. The standard InChI is InChI=1S/C11H22N2O/c1-9(2)13-10(7-12-6)14-8-11(3,4)5/h7,9H,8H2,1-6H3/b12-7-,13-10+. The molecular weight excluding hydrogens is 176 g/mol. The van der Waals surface area contributed by atoms with Gasteiger partial charge in [-0.05, 0) is 19.3 Å². The van der Waals surface area contributed by atoms with E-state index in [0.717, 1.165) is 0 Å². The van der Waals surface area contributed by atoms with Crippen molar-refractivity contribution in [1.82, 2.24) is 0 Å². The smallest absolute Gasteiger partial charge is 0.227 e. The van der Waals surface area contributed by atoms with E-state index in [9.17, 15) is 0 Å². The summed E-state index contributed by atoms with van der Waals surface area (Å²) in [5.74, 6) is 0.623. The largest absolute Gasteiger partial charge is 0.476 e. The maximum atomic E-state index is 5.56. The van der Waals surface area contributed by atoms with Crippen molar-refractivity contribution < 1.29 is 4.74 Å². The summed E-state index contributed by atoms with van der Waals surface area (Å²) in [5, 5.41) is 0. The molecule has 0 bridgehead atoms. The number of nitrogens with zero attached hydrogens (tertiary/aromatic N) is 2. The molecule has 0 atom stereocenters. The molecule has 0 unspecified atom stereocenters. The van der Waals surface area contributed by atoms with Crippen LogP contribution < -0.4 is 0 Å². The number of ether oxygens (including phenoxy) is 1. The summed E-state index contributed by atoms with van der Waals surface area (Å²) in [7, 11) is 1.72. The van der Waals surface area contributed by atoms with Gasteiger partial charge in [0.2, 0.25) is 5.90 Å². The molecule has 0 rings (SSSR count). The monoisotopic (exact) mass is 198 g/mol. The molecule has 3 heteroatoms. The van der Waals surface area contributed by atoms with Crippen molar-refractivity contribution in [2.45, 2.75) is 40.7 Å². The van der Waals surface area contributed by atoms with Gasteiger partial charge >= 0.3 is 0 Å². The Morgan fingerprint density at radius 2 is 1.93 bits per heavy atom. The van der Waals surface area contributed by atoms with E-state index in [2.05, 4.69) is 30.8 Å². The fraction of sp³-hybridized carbons (Fsp3) is 0.818. The normalized spacial score (nSPS) is 14.1. The van der Waals surface area contributed by atoms with Crippen LogP contribution in [0.25, 0.3) is 0 Å². The lowest BCUT2D eigenvalue weighted by Gasteiger charge is -2.18. The van der Waals surface area contributed by atoms with Crippen LogP contribution in [0.2, 0.25) is 0 Å². The predicted octanol–water partition coefficient (Wildman–Crippen LogP) is 2.56. The topological polar surface area (TPSA) is 34.0 Å². The zero-order chi connectivity index (χ0) is 11.2. The highest BCUT2D eigenvalue weighted by molar-refractivity contribution is 6.26. The minimum atomic E-state index is 0.152. The van der Waals surface area contributed by atoms with E-state index in [4.69, 9.17) is 4.74 Å². The molecule has 0 saturated carbocycles. The Labute approximate surface area is 87.3 Å². The summed E-state index contributed by atoms with van der Waals surface area (Å²) < 4.78 is 5.56. The van der Waals surface area contributed by atoms with Gasteiger partial charge in [0, 0.05) is 13.1 Å². The van der Waals surface area contributed by atoms with Crippen LogP contribution in [0.3, 0.4) is 0 Å². The summed E-state index contributed by atoms with van der Waals surface area (Å²) in [6.07, 6.45) is 1.66. The molecule has 0 aromatic carbocycles. The minimum Gasteiger partial charge on any atom is -0.476 e. The predicted molar refractivity (Wildman–Crippen MR) is 62.4 cm³/mol. The molecule has 0 amide bonds. The highest BCUT2D eigenvalue weighted by Gasteiger charge is 2.12. The van der Waals surface area contributed by atoms with Crippen LogP contribution in [0.5, 0.6) is 0 Å². The molecule has 0 aliphatic heterocycles. The van der Waals surface area contributed by atoms with Gasteiger partial charge in [-0.25, -0.2) is 4.99 Å². The highest BCUT2D eigenvalue weighted by Crippen LogP contribution is 2.12. The Morgan fingerprint density at radius 1 is 1.36 bits per heavy atom. The lowest BCUT2D eigenvalue weighted by molar-refractivity contribution is 0.190. The van der Waals surface area contributed by atoms with Crippen LogP contribution in [0.1, 0.15) is 34.6 Å². The third-order valence-corrected chi connectivity index (χ3v) is 1.28. The Balaban J connectivity index is 4.25. The zero-order valence-electron chi connectivity index (χ0n) is 10.2. The number of hydrogen-bond donors (Lipinski definition) is 0. The van der Waals surface area contributed by atoms with Gasteiger partial charge in [-0.1, -0.05) is 20.8 Å². The summed E-state index contributed by atoms with van der Waals surface area (Å²) in [6, 6.07) is 0.239. The van der Waals surface area contributed by atoms with Crippen LogP contribution in [0.15, 0.2) is 9.98 Å². The molecule has 14 heavy (non-hydrogen) atoms. The van der Waals surface area contributed by atoms with E-state index in [-0.39, 0.29) is 11.5 Å². The summed E-state index contributed by atoms with van der Waals surface area (Å²) in [6.45, 7) is 11.1. The van der Waals surface area contributed by atoms with Crippen molar-refractivity contribution >= 4 is 12.1 Å². The SMILES string of the molecule is C/N=C\C(=N/C(C)C)OCC(C)(C)C. The number of aliphatic imine (C=N–C) groups is 2. The molecule has 0 radical (unpaired) electrons. The van der Waals surface area contributed by atoms with Crippen LogP contribution in [0.4, 0.5) is 0 Å². The Bertz CT molecular complexity index is 212. The quantitative estimate of drug-likeness (QED) is 0.507. The first kappa shape index (κ1) is 13.1. The van der Waals surface area contributed by atoms with Crippen molar-refractivity contribution in [2.75, 3.05) is 13.7 Å². The van der Waals surface area contributed by atoms with Gasteiger partial charge in [-0.15, -0.1) is 0 Å². The van der Waals surface area contributed by atoms with Gasteiger partial charge in [0.05, 0.1) is 12.8 Å². The van der Waals surface area contributed by atoms with Crippen LogP contribution >= 0.6 is 0 Å². The molecule has 0 aliphatic rings. The molecule has 0 spiro atoms. The molecule has 0 saturated heterocycles. The Morgan fingerprint density at radius 3 is 2.29 bits per heavy atom.